The number of hydrogen-bond donors (Lipinski definition) is 3. The average Bonchev–Trinajstić information content (AvgIpc) is 3.79. The molecule has 0 radical (unpaired) electrons. The molecular weight excluding hydrogens is 568 g/mol. The maximum Gasteiger partial charge on any atom is 0.291 e. The summed E-state index contributed by atoms with van der Waals surface area (Å²) in [7, 11) is 0. The maximum absolute atomic E-state index is 13.0. The van der Waals surface area contributed by atoms with Crippen LogP contribution >= 0.6 is 0 Å². The van der Waals surface area contributed by atoms with E-state index in [0.29, 0.717) is 27.8 Å². The first-order valence-electron chi connectivity index (χ1n) is 15.1. The Morgan fingerprint density at radius 3 is 2.44 bits per heavy atom. The summed E-state index contributed by atoms with van der Waals surface area (Å²) in [6.45, 7) is 4.93. The highest BCUT2D eigenvalue weighted by atomic mass is 16.4. The Labute approximate surface area is 259 Å². The van der Waals surface area contributed by atoms with Gasteiger partial charge in [0.25, 0.3) is 11.8 Å². The Morgan fingerprint density at radius 2 is 1.64 bits per heavy atom. The smallest absolute Gasteiger partial charge is 0.291 e. The van der Waals surface area contributed by atoms with Gasteiger partial charge < -0.3 is 29.8 Å². The number of carbonyl (C=O) groups is 2. The molecule has 10 heteroatoms. The number of furan rings is 2. The second-order valence-electron chi connectivity index (χ2n) is 11.5. The molecule has 6 aromatic rings. The Balaban J connectivity index is 0.916. The van der Waals surface area contributed by atoms with Gasteiger partial charge in [0.05, 0.1) is 11.6 Å². The van der Waals surface area contributed by atoms with E-state index < -0.39 is 5.91 Å². The van der Waals surface area contributed by atoms with Gasteiger partial charge in [-0.05, 0) is 98.1 Å². The van der Waals surface area contributed by atoms with Gasteiger partial charge in [-0.25, -0.2) is 0 Å². The third kappa shape index (κ3) is 5.86. The van der Waals surface area contributed by atoms with Crippen molar-refractivity contribution >= 4 is 56.0 Å². The molecule has 7 rings (SSSR count). The van der Waals surface area contributed by atoms with E-state index in [-0.39, 0.29) is 17.4 Å². The molecule has 2 amide bonds. The van der Waals surface area contributed by atoms with Crippen molar-refractivity contribution in [3.63, 3.8) is 0 Å². The molecular formula is C35H32N6O4. The van der Waals surface area contributed by atoms with Crippen molar-refractivity contribution in [2.24, 2.45) is 5.73 Å². The second kappa shape index (κ2) is 11.9. The molecule has 0 spiro atoms. The van der Waals surface area contributed by atoms with Gasteiger partial charge in [-0.15, -0.1) is 0 Å². The molecule has 0 aliphatic carbocycles. The van der Waals surface area contributed by atoms with Crippen molar-refractivity contribution in [1.29, 1.82) is 5.26 Å². The van der Waals surface area contributed by atoms with Crippen LogP contribution in [-0.4, -0.2) is 54.4 Å². The molecule has 1 saturated heterocycles. The van der Waals surface area contributed by atoms with E-state index in [2.05, 4.69) is 38.4 Å². The number of fused-ring (bicyclic) bond motifs is 3. The first-order chi connectivity index (χ1) is 21.9. The summed E-state index contributed by atoms with van der Waals surface area (Å²) in [4.78, 5) is 32.6. The number of nitrogens with one attached hydrogen (secondary N) is 2. The Bertz CT molecular complexity index is 2090. The summed E-state index contributed by atoms with van der Waals surface area (Å²) in [6.07, 6.45) is 5.30. The number of anilines is 2. The molecule has 1 aliphatic rings. The number of benzene rings is 3. The van der Waals surface area contributed by atoms with Crippen molar-refractivity contribution in [1.82, 2.24) is 9.88 Å². The number of piperazine rings is 1. The second-order valence-corrected chi connectivity index (χ2v) is 11.5. The SMILES string of the molecule is N#Cc1ccc2[nH]cc(CCCCN3CCN(c4ccc5oc(C(=O)Nc6ccc7oc(C(N)=O)cc7c6)cc5c4)CC3)c2c1. The molecule has 4 heterocycles. The Morgan fingerprint density at radius 1 is 0.889 bits per heavy atom. The number of primary amides is 1. The van der Waals surface area contributed by atoms with E-state index in [1.807, 2.05) is 30.3 Å². The van der Waals surface area contributed by atoms with Crippen LogP contribution in [0.3, 0.4) is 0 Å². The third-order valence-corrected chi connectivity index (χ3v) is 8.55. The monoisotopic (exact) mass is 600 g/mol. The fraction of sp³-hybridized carbons (Fsp3) is 0.229. The molecule has 4 N–H and O–H groups in total. The van der Waals surface area contributed by atoms with Crippen LogP contribution in [0.15, 0.2) is 81.8 Å². The highest BCUT2D eigenvalue weighted by Crippen LogP contribution is 2.28. The number of carbonyl (C=O) groups excluding carboxylic acids is 2. The zero-order chi connectivity index (χ0) is 30.9. The van der Waals surface area contributed by atoms with Crippen LogP contribution in [0.25, 0.3) is 32.8 Å². The standard InChI is InChI=1S/C35H32N6O4/c36-20-22-4-7-29-28(15-22)23(21-38-29)3-1-2-10-40-11-13-41(14-12-40)27-6-9-31-25(17-27)19-33(45-31)35(43)39-26-5-8-30-24(16-26)18-32(44-30)34(37)42/h4-9,15-19,21,38H,1-3,10-14H2,(H2,37,42)(H,39,43). The van der Waals surface area contributed by atoms with Gasteiger partial charge >= 0.3 is 0 Å². The molecule has 226 valence electrons. The van der Waals surface area contributed by atoms with Crippen molar-refractivity contribution in [3.05, 3.63) is 95.6 Å². The van der Waals surface area contributed by atoms with E-state index in [1.54, 1.807) is 30.3 Å². The van der Waals surface area contributed by atoms with Crippen LogP contribution in [0.1, 0.15) is 45.1 Å². The summed E-state index contributed by atoms with van der Waals surface area (Å²) in [5.41, 5.74) is 11.2. The number of nitrogens with two attached hydrogens (primary N) is 1. The molecule has 10 nitrogen and oxygen atoms in total. The summed E-state index contributed by atoms with van der Waals surface area (Å²) >= 11 is 0. The summed E-state index contributed by atoms with van der Waals surface area (Å²) in [5, 5.41) is 14.8. The normalized spacial score (nSPS) is 13.9. The van der Waals surface area contributed by atoms with Crippen molar-refractivity contribution < 1.29 is 18.4 Å². The van der Waals surface area contributed by atoms with Gasteiger partial charge in [0.1, 0.15) is 11.2 Å². The lowest BCUT2D eigenvalue weighted by Gasteiger charge is -2.36. The molecule has 1 fully saturated rings. The summed E-state index contributed by atoms with van der Waals surface area (Å²) in [5.74, 6) is -0.727. The molecule has 0 bridgehead atoms. The predicted molar refractivity (Wildman–Crippen MR) is 174 cm³/mol. The van der Waals surface area contributed by atoms with E-state index in [0.717, 1.165) is 74.0 Å². The lowest BCUT2D eigenvalue weighted by Crippen LogP contribution is -2.46. The number of aromatic amines is 1. The molecule has 0 atom stereocenters. The number of nitrogens with zero attached hydrogens (tertiary/aromatic N) is 3. The lowest BCUT2D eigenvalue weighted by atomic mass is 10.1. The van der Waals surface area contributed by atoms with Gasteiger partial charge in [-0.3, -0.25) is 14.5 Å². The molecule has 3 aromatic heterocycles. The Hall–Kier alpha value is -5.53. The van der Waals surface area contributed by atoms with Crippen LogP contribution in [-0.2, 0) is 6.42 Å². The quantitative estimate of drug-likeness (QED) is 0.172. The predicted octanol–water partition coefficient (Wildman–Crippen LogP) is 6.03. The number of nitriles is 1. The number of aromatic nitrogens is 1. The van der Waals surface area contributed by atoms with E-state index in [9.17, 15) is 14.9 Å². The molecule has 1 aliphatic heterocycles. The Kier molecular flexibility index (Phi) is 7.45. The van der Waals surface area contributed by atoms with E-state index in [4.69, 9.17) is 14.6 Å². The van der Waals surface area contributed by atoms with Gasteiger partial charge in [0, 0.05) is 65.4 Å². The van der Waals surface area contributed by atoms with Gasteiger partial charge in [0.2, 0.25) is 0 Å². The average molecular weight is 601 g/mol. The minimum absolute atomic E-state index is 0.0672. The third-order valence-electron chi connectivity index (χ3n) is 8.55. The van der Waals surface area contributed by atoms with Gasteiger partial charge in [-0.1, -0.05) is 0 Å². The van der Waals surface area contributed by atoms with Crippen LogP contribution in [0.5, 0.6) is 0 Å². The number of hydrogen-bond acceptors (Lipinski definition) is 7. The minimum Gasteiger partial charge on any atom is -0.451 e. The number of rotatable bonds is 9. The number of aryl methyl sites for hydroxylation is 1. The zero-order valence-electron chi connectivity index (χ0n) is 24.6. The highest BCUT2D eigenvalue weighted by Gasteiger charge is 2.19. The fourth-order valence-electron chi connectivity index (χ4n) is 6.11. The molecule has 0 saturated carbocycles. The first-order valence-corrected chi connectivity index (χ1v) is 15.1. The van der Waals surface area contributed by atoms with Crippen molar-refractivity contribution in [2.45, 2.75) is 19.3 Å². The first kappa shape index (κ1) is 28.3. The van der Waals surface area contributed by atoms with Crippen molar-refractivity contribution in [2.75, 3.05) is 42.9 Å². The summed E-state index contributed by atoms with van der Waals surface area (Å²) in [6, 6.07) is 22.5. The topological polar surface area (TPSA) is 145 Å². The minimum atomic E-state index is -0.647. The zero-order valence-corrected chi connectivity index (χ0v) is 24.6. The molecule has 45 heavy (non-hydrogen) atoms. The summed E-state index contributed by atoms with van der Waals surface area (Å²) < 4.78 is 11.3. The van der Waals surface area contributed by atoms with Gasteiger partial charge in [-0.2, -0.15) is 5.26 Å². The largest absolute Gasteiger partial charge is 0.451 e. The van der Waals surface area contributed by atoms with Crippen LogP contribution in [0, 0.1) is 11.3 Å². The molecule has 0 unspecified atom stereocenters. The van der Waals surface area contributed by atoms with Gasteiger partial charge in [0.15, 0.2) is 11.5 Å². The number of H-pyrrole nitrogens is 1. The maximum atomic E-state index is 13.0. The molecule has 3 aromatic carbocycles. The number of amides is 2. The van der Waals surface area contributed by atoms with Crippen LogP contribution in [0.2, 0.25) is 0 Å². The van der Waals surface area contributed by atoms with Crippen LogP contribution < -0.4 is 16.0 Å². The van der Waals surface area contributed by atoms with E-state index >= 15 is 0 Å². The number of unbranched alkanes of at least 4 members (excludes halogenated alkanes) is 1. The van der Waals surface area contributed by atoms with E-state index in [1.165, 1.54) is 5.56 Å². The van der Waals surface area contributed by atoms with Crippen LogP contribution in [0.4, 0.5) is 11.4 Å². The van der Waals surface area contributed by atoms with Crippen molar-refractivity contribution in [3.8, 4) is 6.07 Å². The lowest BCUT2D eigenvalue weighted by molar-refractivity contribution is 0.0974. The highest BCUT2D eigenvalue weighted by molar-refractivity contribution is 6.06. The fourth-order valence-corrected chi connectivity index (χ4v) is 6.11.